The Morgan fingerprint density at radius 3 is 2.35 bits per heavy atom. The smallest absolute Gasteiger partial charge is 0.134 e. The summed E-state index contributed by atoms with van der Waals surface area (Å²) in [5, 5.41) is 5.21. The van der Waals surface area contributed by atoms with Gasteiger partial charge in [0.1, 0.15) is 5.01 Å². The highest BCUT2D eigenvalue weighted by Gasteiger charge is 2.14. The van der Waals surface area contributed by atoms with Crippen molar-refractivity contribution in [3.05, 3.63) is 39.9 Å². The molecule has 3 rings (SSSR count). The number of thiophene rings is 2. The Labute approximate surface area is 116 Å². The van der Waals surface area contributed by atoms with E-state index in [-0.39, 0.29) is 0 Å². The highest BCUT2D eigenvalue weighted by Crippen LogP contribution is 2.37. The number of rotatable bonds is 3. The molecule has 0 saturated carbocycles. The van der Waals surface area contributed by atoms with Gasteiger partial charge in [0.2, 0.25) is 0 Å². The lowest BCUT2D eigenvalue weighted by molar-refractivity contribution is 1.38. The second-order valence-corrected chi connectivity index (χ2v) is 6.63. The quantitative estimate of drug-likeness (QED) is 0.595. The average molecular weight is 298 g/mol. The number of nitrogens with zero attached hydrogens (tertiary/aromatic N) is 1. The molecule has 0 aliphatic carbocycles. The maximum absolute atomic E-state index is 6.00. The van der Waals surface area contributed by atoms with Gasteiger partial charge in [0.15, 0.2) is 0 Å². The normalized spacial score (nSPS) is 10.9. The minimum Gasteiger partial charge on any atom is -0.234 e. The lowest BCUT2D eigenvalue weighted by Crippen LogP contribution is -1.78. The van der Waals surface area contributed by atoms with Gasteiger partial charge in [0, 0.05) is 4.88 Å². The summed E-state index contributed by atoms with van der Waals surface area (Å²) < 4.78 is 0. The van der Waals surface area contributed by atoms with Gasteiger partial charge in [0.25, 0.3) is 0 Å². The molecule has 0 saturated heterocycles. The third kappa shape index (κ3) is 2.18. The van der Waals surface area contributed by atoms with Crippen molar-refractivity contribution in [3.8, 4) is 20.5 Å². The van der Waals surface area contributed by atoms with Gasteiger partial charge in [-0.3, -0.25) is 0 Å². The minimum absolute atomic E-state index is 0.524. The van der Waals surface area contributed by atoms with Crippen LogP contribution in [0, 0.1) is 0 Å². The number of alkyl halides is 1. The van der Waals surface area contributed by atoms with Crippen molar-refractivity contribution in [2.75, 3.05) is 0 Å². The van der Waals surface area contributed by atoms with Crippen LogP contribution in [0.2, 0.25) is 0 Å². The highest BCUT2D eigenvalue weighted by molar-refractivity contribution is 7.21. The van der Waals surface area contributed by atoms with Crippen LogP contribution in [0.4, 0.5) is 0 Å². The second-order valence-electron chi connectivity index (χ2n) is 3.38. The van der Waals surface area contributed by atoms with E-state index >= 15 is 0 Å². The van der Waals surface area contributed by atoms with Crippen LogP contribution in [0.15, 0.2) is 35.0 Å². The van der Waals surface area contributed by atoms with Crippen molar-refractivity contribution in [3.63, 3.8) is 0 Å². The summed E-state index contributed by atoms with van der Waals surface area (Å²) in [4.78, 5) is 8.28. The first-order valence-corrected chi connectivity index (χ1v) is 8.13. The zero-order chi connectivity index (χ0) is 11.7. The van der Waals surface area contributed by atoms with Gasteiger partial charge in [-0.25, -0.2) is 4.98 Å². The number of aromatic nitrogens is 1. The zero-order valence-corrected chi connectivity index (χ0v) is 11.9. The molecule has 0 aliphatic heterocycles. The summed E-state index contributed by atoms with van der Waals surface area (Å²) in [5.41, 5.74) is 1.04. The van der Waals surface area contributed by atoms with E-state index in [4.69, 9.17) is 16.6 Å². The monoisotopic (exact) mass is 297 g/mol. The zero-order valence-electron chi connectivity index (χ0n) is 8.72. The van der Waals surface area contributed by atoms with Crippen molar-refractivity contribution in [2.45, 2.75) is 5.88 Å². The third-order valence-corrected chi connectivity index (χ3v) is 5.70. The predicted molar refractivity (Wildman–Crippen MR) is 78.3 cm³/mol. The first-order chi connectivity index (χ1) is 8.38. The Morgan fingerprint density at radius 2 is 1.76 bits per heavy atom. The Balaban J connectivity index is 2.10. The molecule has 0 radical (unpaired) electrons. The van der Waals surface area contributed by atoms with E-state index < -0.39 is 0 Å². The Kier molecular flexibility index (Phi) is 3.29. The SMILES string of the molecule is ClCc1sc(-c2cccs2)nc1-c1cccs1. The van der Waals surface area contributed by atoms with Crippen molar-refractivity contribution in [1.29, 1.82) is 0 Å². The molecule has 3 aromatic rings. The third-order valence-electron chi connectivity index (χ3n) is 2.31. The van der Waals surface area contributed by atoms with Gasteiger partial charge in [-0.2, -0.15) is 0 Å². The molecule has 5 heteroatoms. The topological polar surface area (TPSA) is 12.9 Å². The van der Waals surface area contributed by atoms with Crippen LogP contribution in [0.1, 0.15) is 4.88 Å². The average Bonchev–Trinajstić information content (AvgIpc) is 3.09. The Morgan fingerprint density at radius 1 is 1.06 bits per heavy atom. The van der Waals surface area contributed by atoms with Crippen LogP contribution < -0.4 is 0 Å². The molecule has 0 N–H and O–H groups in total. The fourth-order valence-electron chi connectivity index (χ4n) is 1.55. The summed E-state index contributed by atoms with van der Waals surface area (Å²) in [5.74, 6) is 0.524. The number of halogens is 1. The van der Waals surface area contributed by atoms with E-state index in [0.29, 0.717) is 5.88 Å². The van der Waals surface area contributed by atoms with Crippen molar-refractivity contribution in [1.82, 2.24) is 4.98 Å². The molecule has 0 aliphatic rings. The van der Waals surface area contributed by atoms with Crippen molar-refractivity contribution in [2.24, 2.45) is 0 Å². The van der Waals surface area contributed by atoms with E-state index in [9.17, 15) is 0 Å². The number of thiazole rings is 1. The molecule has 0 fully saturated rings. The van der Waals surface area contributed by atoms with Crippen LogP contribution in [-0.2, 0) is 5.88 Å². The second kappa shape index (κ2) is 4.90. The van der Waals surface area contributed by atoms with E-state index in [1.54, 1.807) is 34.0 Å². The summed E-state index contributed by atoms with van der Waals surface area (Å²) >= 11 is 11.1. The molecule has 0 unspecified atom stereocenters. The summed E-state index contributed by atoms with van der Waals surface area (Å²) in [6.07, 6.45) is 0. The fraction of sp³-hybridized carbons (Fsp3) is 0.0833. The molecule has 3 heterocycles. The molecule has 0 amide bonds. The van der Waals surface area contributed by atoms with E-state index in [2.05, 4.69) is 22.9 Å². The van der Waals surface area contributed by atoms with Gasteiger partial charge in [0.05, 0.1) is 21.3 Å². The molecular formula is C12H8ClNS3. The first kappa shape index (κ1) is 11.4. The van der Waals surface area contributed by atoms with Gasteiger partial charge in [-0.05, 0) is 22.9 Å². The molecule has 17 heavy (non-hydrogen) atoms. The fourth-order valence-corrected chi connectivity index (χ4v) is 4.37. The molecular weight excluding hydrogens is 290 g/mol. The lowest BCUT2D eigenvalue weighted by atomic mass is 10.3. The number of hydrogen-bond acceptors (Lipinski definition) is 4. The van der Waals surface area contributed by atoms with E-state index in [0.717, 1.165) is 15.6 Å². The summed E-state index contributed by atoms with van der Waals surface area (Å²) in [7, 11) is 0. The minimum atomic E-state index is 0.524. The van der Waals surface area contributed by atoms with Crippen LogP contribution in [0.25, 0.3) is 20.5 Å². The van der Waals surface area contributed by atoms with Gasteiger partial charge in [-0.1, -0.05) is 12.1 Å². The molecule has 86 valence electrons. The largest absolute Gasteiger partial charge is 0.234 e. The highest BCUT2D eigenvalue weighted by atomic mass is 35.5. The molecule has 0 aromatic carbocycles. The van der Waals surface area contributed by atoms with E-state index in [1.807, 2.05) is 12.1 Å². The molecule has 1 nitrogen and oxygen atoms in total. The Hall–Kier alpha value is -0.680. The predicted octanol–water partition coefficient (Wildman–Crippen LogP) is 5.34. The maximum atomic E-state index is 6.00. The maximum Gasteiger partial charge on any atom is 0.134 e. The van der Waals surface area contributed by atoms with Crippen molar-refractivity contribution < 1.29 is 0 Å². The van der Waals surface area contributed by atoms with Crippen LogP contribution in [0.5, 0.6) is 0 Å². The lowest BCUT2D eigenvalue weighted by Gasteiger charge is -1.92. The molecule has 0 bridgehead atoms. The Bertz CT molecular complexity index is 596. The van der Waals surface area contributed by atoms with Gasteiger partial charge in [-0.15, -0.1) is 45.6 Å². The summed E-state index contributed by atoms with van der Waals surface area (Å²) in [6.45, 7) is 0. The summed E-state index contributed by atoms with van der Waals surface area (Å²) in [6, 6.07) is 8.28. The molecule has 3 aromatic heterocycles. The van der Waals surface area contributed by atoms with Crippen molar-refractivity contribution >= 4 is 45.6 Å². The van der Waals surface area contributed by atoms with Crippen LogP contribution in [0.3, 0.4) is 0 Å². The van der Waals surface area contributed by atoms with Crippen LogP contribution in [-0.4, -0.2) is 4.98 Å². The molecule has 0 spiro atoms. The first-order valence-electron chi connectivity index (χ1n) is 5.02. The molecule has 0 atom stereocenters. The standard InChI is InChI=1S/C12H8ClNS3/c13-7-10-11(8-3-1-5-15-8)14-12(17-10)9-4-2-6-16-9/h1-6H,7H2. The van der Waals surface area contributed by atoms with Gasteiger partial charge >= 0.3 is 0 Å². The number of hydrogen-bond donors (Lipinski definition) is 0. The van der Waals surface area contributed by atoms with E-state index in [1.165, 1.54) is 9.75 Å². The van der Waals surface area contributed by atoms with Crippen LogP contribution >= 0.6 is 45.6 Å². The van der Waals surface area contributed by atoms with Gasteiger partial charge < -0.3 is 0 Å².